The molecule has 7 heteroatoms. The fourth-order valence-corrected chi connectivity index (χ4v) is 4.28. The number of hydrogen-bond acceptors (Lipinski definition) is 3. The maximum Gasteiger partial charge on any atom is 0.224 e. The van der Waals surface area contributed by atoms with Crippen LogP contribution in [0, 0.1) is 24.1 Å². The number of hydrogen-bond donors (Lipinski definition) is 2. The molecule has 1 aromatic heterocycles. The molecule has 4 rings (SSSR count). The average molecular weight is 393 g/mol. The highest BCUT2D eigenvalue weighted by atomic mass is 35.5. The van der Waals surface area contributed by atoms with Crippen molar-refractivity contribution in [2.24, 2.45) is 11.3 Å². The number of nitrogens with zero attached hydrogens (tertiary/aromatic N) is 2. The Bertz CT molecular complexity index is 814. The molecule has 2 aliphatic rings. The second kappa shape index (κ2) is 7.60. The molecule has 2 aromatic rings. The van der Waals surface area contributed by atoms with Crippen molar-refractivity contribution in [1.29, 1.82) is 0 Å². The summed E-state index contributed by atoms with van der Waals surface area (Å²) in [5.74, 6) is 0.0449. The van der Waals surface area contributed by atoms with Crippen LogP contribution in [0.25, 0.3) is 5.69 Å². The second-order valence-electron chi connectivity index (χ2n) is 7.67. The van der Waals surface area contributed by atoms with E-state index in [9.17, 15) is 9.18 Å². The first kappa shape index (κ1) is 19.8. The molecule has 1 amide bonds. The predicted octanol–water partition coefficient (Wildman–Crippen LogP) is 3.31. The summed E-state index contributed by atoms with van der Waals surface area (Å²) in [6.45, 7) is 6.00. The molecule has 1 aliphatic carbocycles. The van der Waals surface area contributed by atoms with E-state index >= 15 is 0 Å². The van der Waals surface area contributed by atoms with E-state index in [4.69, 9.17) is 0 Å². The van der Waals surface area contributed by atoms with Crippen molar-refractivity contribution in [3.63, 3.8) is 0 Å². The van der Waals surface area contributed by atoms with Crippen LogP contribution < -0.4 is 10.6 Å². The fourth-order valence-electron chi connectivity index (χ4n) is 4.28. The lowest BCUT2D eigenvalue weighted by Gasteiger charge is -2.23. The van der Waals surface area contributed by atoms with Gasteiger partial charge in [-0.1, -0.05) is 0 Å². The minimum absolute atomic E-state index is 0. The second-order valence-corrected chi connectivity index (χ2v) is 7.67. The highest BCUT2D eigenvalue weighted by molar-refractivity contribution is 5.85. The summed E-state index contributed by atoms with van der Waals surface area (Å²) in [7, 11) is 0. The number of halogens is 2. The number of amides is 1. The summed E-state index contributed by atoms with van der Waals surface area (Å²) >= 11 is 0. The molecule has 2 unspecified atom stereocenters. The number of piperidine rings is 1. The minimum Gasteiger partial charge on any atom is -0.349 e. The molecule has 2 atom stereocenters. The van der Waals surface area contributed by atoms with E-state index < -0.39 is 0 Å². The molecule has 1 aromatic carbocycles. The molecule has 2 N–H and O–H groups in total. The van der Waals surface area contributed by atoms with E-state index in [0.717, 1.165) is 49.3 Å². The third-order valence-corrected chi connectivity index (χ3v) is 6.05. The molecule has 0 radical (unpaired) electrons. The summed E-state index contributed by atoms with van der Waals surface area (Å²) in [6, 6.07) is 6.15. The molecule has 1 saturated carbocycles. The van der Waals surface area contributed by atoms with Gasteiger partial charge in [0.15, 0.2) is 0 Å². The zero-order valence-electron chi connectivity index (χ0n) is 15.7. The molecular weight excluding hydrogens is 367 g/mol. The Hall–Kier alpha value is -1.92. The third kappa shape index (κ3) is 3.73. The molecule has 5 nitrogen and oxygen atoms in total. The largest absolute Gasteiger partial charge is 0.349 e. The quantitative estimate of drug-likeness (QED) is 0.839. The zero-order chi connectivity index (χ0) is 18.3. The van der Waals surface area contributed by atoms with Gasteiger partial charge in [0.2, 0.25) is 5.91 Å². The van der Waals surface area contributed by atoms with Gasteiger partial charge in [-0.3, -0.25) is 4.79 Å². The third-order valence-electron chi connectivity index (χ3n) is 6.05. The highest BCUT2D eigenvalue weighted by Gasteiger charge is 2.57. The van der Waals surface area contributed by atoms with Crippen LogP contribution in [0.2, 0.25) is 0 Å². The van der Waals surface area contributed by atoms with Gasteiger partial charge in [-0.2, -0.15) is 5.10 Å². The Kier molecular flexibility index (Phi) is 5.58. The van der Waals surface area contributed by atoms with Crippen molar-refractivity contribution in [3.05, 3.63) is 47.5 Å². The van der Waals surface area contributed by atoms with E-state index in [-0.39, 0.29) is 41.5 Å². The van der Waals surface area contributed by atoms with E-state index in [1.165, 1.54) is 12.1 Å². The van der Waals surface area contributed by atoms with Gasteiger partial charge in [0, 0.05) is 17.2 Å². The first-order valence-electron chi connectivity index (χ1n) is 9.32. The number of carbonyl (C=O) groups excluding carboxylic acids is 1. The molecule has 27 heavy (non-hydrogen) atoms. The lowest BCUT2D eigenvalue weighted by Crippen LogP contribution is -2.34. The Balaban J connectivity index is 0.00000210. The highest BCUT2D eigenvalue weighted by Crippen LogP contribution is 2.58. The molecule has 2 fully saturated rings. The lowest BCUT2D eigenvalue weighted by atomic mass is 9.91. The van der Waals surface area contributed by atoms with Gasteiger partial charge in [-0.25, -0.2) is 9.07 Å². The normalized spacial score (nSPS) is 21.4. The van der Waals surface area contributed by atoms with Crippen LogP contribution in [0.1, 0.15) is 43.5 Å². The molecule has 1 saturated heterocycles. The summed E-state index contributed by atoms with van der Waals surface area (Å²) in [5, 5.41) is 11.0. The van der Waals surface area contributed by atoms with Crippen molar-refractivity contribution >= 4 is 18.3 Å². The van der Waals surface area contributed by atoms with Crippen molar-refractivity contribution in [2.45, 2.75) is 39.2 Å². The van der Waals surface area contributed by atoms with Gasteiger partial charge in [-0.15, -0.1) is 12.4 Å². The number of nitrogens with one attached hydrogen (secondary N) is 2. The lowest BCUT2D eigenvalue weighted by molar-refractivity contribution is -0.123. The Morgan fingerprint density at radius 2 is 2.00 bits per heavy atom. The predicted molar refractivity (Wildman–Crippen MR) is 105 cm³/mol. The van der Waals surface area contributed by atoms with Gasteiger partial charge < -0.3 is 10.6 Å². The first-order valence-corrected chi connectivity index (χ1v) is 9.32. The summed E-state index contributed by atoms with van der Waals surface area (Å²) in [6.07, 6.45) is 5.00. The number of aromatic nitrogens is 2. The molecule has 146 valence electrons. The van der Waals surface area contributed by atoms with Crippen LogP contribution in [0.15, 0.2) is 30.5 Å². The van der Waals surface area contributed by atoms with Crippen LogP contribution in [-0.2, 0) is 4.79 Å². The average Bonchev–Trinajstić information content (AvgIpc) is 3.18. The van der Waals surface area contributed by atoms with E-state index in [2.05, 4.69) is 15.7 Å². The SMILES string of the molecule is Cc1c(C(C)NC(=O)C2CC23CCNCC3)cnn1-c1ccc(F)cc1.Cl. The number of benzene rings is 1. The molecule has 2 heterocycles. The van der Waals surface area contributed by atoms with Crippen molar-refractivity contribution < 1.29 is 9.18 Å². The maximum absolute atomic E-state index is 13.1. The van der Waals surface area contributed by atoms with Gasteiger partial charge in [0.1, 0.15) is 5.82 Å². The van der Waals surface area contributed by atoms with E-state index in [0.29, 0.717) is 0 Å². The molecule has 1 spiro atoms. The Morgan fingerprint density at radius 3 is 2.67 bits per heavy atom. The smallest absolute Gasteiger partial charge is 0.224 e. The summed E-state index contributed by atoms with van der Waals surface area (Å²) in [4.78, 5) is 12.7. The van der Waals surface area contributed by atoms with Crippen molar-refractivity contribution in [1.82, 2.24) is 20.4 Å². The van der Waals surface area contributed by atoms with Crippen LogP contribution >= 0.6 is 12.4 Å². The Morgan fingerprint density at radius 1 is 1.33 bits per heavy atom. The van der Waals surface area contributed by atoms with Crippen LogP contribution in [-0.4, -0.2) is 28.8 Å². The van der Waals surface area contributed by atoms with Crippen LogP contribution in [0.5, 0.6) is 0 Å². The minimum atomic E-state index is -0.268. The monoisotopic (exact) mass is 392 g/mol. The van der Waals surface area contributed by atoms with Crippen LogP contribution in [0.4, 0.5) is 4.39 Å². The number of rotatable bonds is 4. The molecule has 0 bridgehead atoms. The van der Waals surface area contributed by atoms with E-state index in [1.807, 2.05) is 13.8 Å². The van der Waals surface area contributed by atoms with Gasteiger partial charge in [0.25, 0.3) is 0 Å². The molecule has 1 aliphatic heterocycles. The fraction of sp³-hybridized carbons (Fsp3) is 0.500. The van der Waals surface area contributed by atoms with Crippen LogP contribution in [0.3, 0.4) is 0 Å². The first-order chi connectivity index (χ1) is 12.5. The van der Waals surface area contributed by atoms with Crippen molar-refractivity contribution in [2.75, 3.05) is 13.1 Å². The summed E-state index contributed by atoms with van der Waals surface area (Å²) < 4.78 is 14.9. The maximum atomic E-state index is 13.1. The standard InChI is InChI=1S/C20H25FN4O.ClH/c1-13(24-19(26)18-11-20(18)7-9-22-10-8-20)17-12-23-25(14(17)2)16-5-3-15(21)4-6-16;/h3-6,12-13,18,22H,7-11H2,1-2H3,(H,24,26);1H. The van der Waals surface area contributed by atoms with Gasteiger partial charge in [-0.05, 0) is 75.9 Å². The zero-order valence-corrected chi connectivity index (χ0v) is 16.5. The topological polar surface area (TPSA) is 59.0 Å². The molecular formula is C20H26ClFN4O. The van der Waals surface area contributed by atoms with Crippen molar-refractivity contribution in [3.8, 4) is 5.69 Å². The van der Waals surface area contributed by atoms with E-state index in [1.54, 1.807) is 23.0 Å². The Labute approximate surface area is 165 Å². The number of carbonyl (C=O) groups is 1. The summed E-state index contributed by atoms with van der Waals surface area (Å²) in [5.41, 5.74) is 2.99. The van der Waals surface area contributed by atoms with Gasteiger partial charge in [0.05, 0.1) is 17.9 Å². The van der Waals surface area contributed by atoms with Gasteiger partial charge >= 0.3 is 0 Å².